The number of hydrogen-bond acceptors (Lipinski definition) is 3. The highest BCUT2D eigenvalue weighted by Crippen LogP contribution is 2.13. The largest absolute Gasteiger partial charge is 0.316 e. The monoisotopic (exact) mass is 249 g/mol. The van der Waals surface area contributed by atoms with E-state index in [1.54, 1.807) is 7.05 Å². The molecule has 5 nitrogen and oxygen atoms in total. The van der Waals surface area contributed by atoms with Crippen LogP contribution >= 0.6 is 0 Å². The van der Waals surface area contributed by atoms with Crippen molar-refractivity contribution in [3.05, 3.63) is 0 Å². The molecule has 0 aromatic carbocycles. The molecule has 1 aliphatic heterocycles. The molecule has 1 rings (SSSR count). The molecule has 1 heterocycles. The van der Waals surface area contributed by atoms with Crippen LogP contribution in [0, 0.1) is 5.92 Å². The van der Waals surface area contributed by atoms with Crippen LogP contribution in [-0.2, 0) is 10.2 Å². The van der Waals surface area contributed by atoms with Gasteiger partial charge >= 0.3 is 0 Å². The van der Waals surface area contributed by atoms with Gasteiger partial charge in [0.2, 0.25) is 0 Å². The zero-order chi connectivity index (χ0) is 12.3. The fourth-order valence-electron chi connectivity index (χ4n) is 1.74. The predicted octanol–water partition coefficient (Wildman–Crippen LogP) is 0.159. The Bertz CT molecular complexity index is 316. The molecule has 1 fully saturated rings. The predicted molar refractivity (Wildman–Crippen MR) is 65.4 cm³/mol. The quantitative estimate of drug-likeness (QED) is 0.746. The second kappa shape index (κ2) is 5.44. The first-order valence-electron chi connectivity index (χ1n) is 5.80. The van der Waals surface area contributed by atoms with Gasteiger partial charge in [0.1, 0.15) is 0 Å². The lowest BCUT2D eigenvalue weighted by atomic mass is 9.97. The Hall–Kier alpha value is -0.170. The van der Waals surface area contributed by atoms with Crippen molar-refractivity contribution in [1.29, 1.82) is 0 Å². The average molecular weight is 249 g/mol. The molecule has 0 saturated carbocycles. The van der Waals surface area contributed by atoms with E-state index in [1.807, 2.05) is 13.8 Å². The second-order valence-electron chi connectivity index (χ2n) is 4.81. The zero-order valence-electron chi connectivity index (χ0n) is 10.5. The van der Waals surface area contributed by atoms with E-state index < -0.39 is 10.2 Å². The van der Waals surface area contributed by atoms with E-state index in [1.165, 1.54) is 4.31 Å². The van der Waals surface area contributed by atoms with Crippen molar-refractivity contribution in [2.75, 3.05) is 20.1 Å². The molecule has 1 aliphatic rings. The third-order valence-electron chi connectivity index (χ3n) is 3.19. The van der Waals surface area contributed by atoms with Crippen LogP contribution in [0.2, 0.25) is 0 Å². The first-order chi connectivity index (χ1) is 7.34. The molecular weight excluding hydrogens is 226 g/mol. The number of nitrogens with one attached hydrogen (secondary N) is 2. The van der Waals surface area contributed by atoms with Crippen LogP contribution in [0.3, 0.4) is 0 Å². The molecule has 2 atom stereocenters. The van der Waals surface area contributed by atoms with Gasteiger partial charge in [-0.3, -0.25) is 0 Å². The van der Waals surface area contributed by atoms with Crippen LogP contribution in [0.1, 0.15) is 27.2 Å². The van der Waals surface area contributed by atoms with Crippen LogP contribution in [-0.4, -0.2) is 44.9 Å². The molecule has 6 heteroatoms. The molecule has 2 N–H and O–H groups in total. The molecule has 96 valence electrons. The molecule has 0 bridgehead atoms. The Morgan fingerprint density at radius 2 is 2.06 bits per heavy atom. The van der Waals surface area contributed by atoms with E-state index in [0.717, 1.165) is 19.5 Å². The topological polar surface area (TPSA) is 61.4 Å². The summed E-state index contributed by atoms with van der Waals surface area (Å²) in [5.74, 6) is 0.337. The zero-order valence-corrected chi connectivity index (χ0v) is 11.3. The normalized spacial score (nSPS) is 27.6. The van der Waals surface area contributed by atoms with Gasteiger partial charge in [0.25, 0.3) is 10.2 Å². The molecule has 0 aromatic heterocycles. The van der Waals surface area contributed by atoms with Crippen molar-refractivity contribution in [3.8, 4) is 0 Å². The lowest BCUT2D eigenvalue weighted by Crippen LogP contribution is -2.52. The maximum absolute atomic E-state index is 12.0. The van der Waals surface area contributed by atoms with Gasteiger partial charge in [-0.2, -0.15) is 17.4 Å². The molecule has 0 spiro atoms. The van der Waals surface area contributed by atoms with Crippen molar-refractivity contribution in [1.82, 2.24) is 14.3 Å². The summed E-state index contributed by atoms with van der Waals surface area (Å²) < 4.78 is 28.1. The first kappa shape index (κ1) is 13.9. The molecular formula is C10H23N3O2S. The summed E-state index contributed by atoms with van der Waals surface area (Å²) in [7, 11) is -1.73. The van der Waals surface area contributed by atoms with Crippen LogP contribution in [0.5, 0.6) is 0 Å². The number of piperidine rings is 1. The summed E-state index contributed by atoms with van der Waals surface area (Å²) in [6, 6.07) is 0.0296. The smallest absolute Gasteiger partial charge is 0.279 e. The van der Waals surface area contributed by atoms with Gasteiger partial charge in [0.15, 0.2) is 0 Å². The minimum absolute atomic E-state index is 0.0190. The molecule has 1 saturated heterocycles. The Morgan fingerprint density at radius 1 is 1.44 bits per heavy atom. The summed E-state index contributed by atoms with van der Waals surface area (Å²) in [6.07, 6.45) is 0.854. The SMILES string of the molecule is CC1CNCCC1NS(=O)(=O)N(C)C(C)C. The van der Waals surface area contributed by atoms with E-state index in [-0.39, 0.29) is 12.1 Å². The highest BCUT2D eigenvalue weighted by atomic mass is 32.2. The molecule has 2 unspecified atom stereocenters. The Morgan fingerprint density at radius 3 is 2.56 bits per heavy atom. The van der Waals surface area contributed by atoms with Crippen LogP contribution in [0.15, 0.2) is 0 Å². The lowest BCUT2D eigenvalue weighted by Gasteiger charge is -2.32. The minimum Gasteiger partial charge on any atom is -0.316 e. The van der Waals surface area contributed by atoms with Crippen molar-refractivity contribution in [2.24, 2.45) is 5.92 Å². The summed E-state index contributed by atoms with van der Waals surface area (Å²) in [5.41, 5.74) is 0. The number of nitrogens with zero attached hydrogens (tertiary/aromatic N) is 1. The Labute approximate surface area is 98.8 Å². The third kappa shape index (κ3) is 3.41. The van der Waals surface area contributed by atoms with E-state index >= 15 is 0 Å². The van der Waals surface area contributed by atoms with Crippen molar-refractivity contribution < 1.29 is 8.42 Å². The number of rotatable bonds is 4. The summed E-state index contributed by atoms with van der Waals surface area (Å²) >= 11 is 0. The van der Waals surface area contributed by atoms with E-state index in [9.17, 15) is 8.42 Å². The molecule has 0 amide bonds. The van der Waals surface area contributed by atoms with E-state index in [2.05, 4.69) is 17.0 Å². The number of hydrogen-bond donors (Lipinski definition) is 2. The molecule has 0 radical (unpaired) electrons. The summed E-state index contributed by atoms with van der Waals surface area (Å²) in [5, 5.41) is 3.25. The van der Waals surface area contributed by atoms with Crippen LogP contribution in [0.4, 0.5) is 0 Å². The van der Waals surface area contributed by atoms with Gasteiger partial charge in [0.05, 0.1) is 0 Å². The van der Waals surface area contributed by atoms with E-state index in [4.69, 9.17) is 0 Å². The maximum atomic E-state index is 12.0. The van der Waals surface area contributed by atoms with Gasteiger partial charge in [0, 0.05) is 19.1 Å². The van der Waals surface area contributed by atoms with Crippen molar-refractivity contribution in [2.45, 2.75) is 39.3 Å². The Balaban J connectivity index is 2.64. The molecule has 0 aromatic rings. The van der Waals surface area contributed by atoms with Gasteiger partial charge in [-0.15, -0.1) is 0 Å². The van der Waals surface area contributed by atoms with Crippen molar-refractivity contribution in [3.63, 3.8) is 0 Å². The molecule has 16 heavy (non-hydrogen) atoms. The fraction of sp³-hybridized carbons (Fsp3) is 1.00. The second-order valence-corrected chi connectivity index (χ2v) is 6.57. The maximum Gasteiger partial charge on any atom is 0.279 e. The lowest BCUT2D eigenvalue weighted by molar-refractivity contribution is 0.315. The average Bonchev–Trinajstić information content (AvgIpc) is 2.20. The highest BCUT2D eigenvalue weighted by Gasteiger charge is 2.28. The van der Waals surface area contributed by atoms with Gasteiger partial charge in [-0.1, -0.05) is 6.92 Å². The van der Waals surface area contributed by atoms with Gasteiger partial charge in [-0.25, -0.2) is 0 Å². The first-order valence-corrected chi connectivity index (χ1v) is 7.24. The minimum atomic E-state index is -3.34. The van der Waals surface area contributed by atoms with Gasteiger partial charge in [-0.05, 0) is 39.3 Å². The molecule has 0 aliphatic carbocycles. The summed E-state index contributed by atoms with van der Waals surface area (Å²) in [4.78, 5) is 0. The Kier molecular flexibility index (Phi) is 4.73. The summed E-state index contributed by atoms with van der Waals surface area (Å²) in [6.45, 7) is 7.55. The highest BCUT2D eigenvalue weighted by molar-refractivity contribution is 7.87. The van der Waals surface area contributed by atoms with E-state index in [0.29, 0.717) is 5.92 Å². The van der Waals surface area contributed by atoms with Crippen LogP contribution in [0.25, 0.3) is 0 Å². The van der Waals surface area contributed by atoms with Crippen molar-refractivity contribution >= 4 is 10.2 Å². The van der Waals surface area contributed by atoms with Gasteiger partial charge < -0.3 is 5.32 Å². The third-order valence-corrected chi connectivity index (χ3v) is 4.97. The standard InChI is InChI=1S/C10H23N3O2S/c1-8(2)13(4)16(14,15)12-10-5-6-11-7-9(10)3/h8-12H,5-7H2,1-4H3. The van der Waals surface area contributed by atoms with Crippen LogP contribution < -0.4 is 10.0 Å². The fourth-order valence-corrected chi connectivity index (χ4v) is 3.20.